The predicted octanol–water partition coefficient (Wildman–Crippen LogP) is 2.58. The van der Waals surface area contributed by atoms with Gasteiger partial charge in [-0.25, -0.2) is 0 Å². The predicted molar refractivity (Wildman–Crippen MR) is 80.6 cm³/mol. The molecule has 1 N–H and O–H groups in total. The fraction of sp³-hybridized carbons (Fsp3) is 0.312. The van der Waals surface area contributed by atoms with Gasteiger partial charge in [0.05, 0.1) is 6.20 Å². The Labute approximate surface area is 120 Å². The molecule has 0 unspecified atom stereocenters. The van der Waals surface area contributed by atoms with Crippen LogP contribution in [0.15, 0.2) is 43.1 Å². The second-order valence-corrected chi connectivity index (χ2v) is 4.69. The first-order chi connectivity index (χ1) is 9.72. The lowest BCUT2D eigenvalue weighted by molar-refractivity contribution is 0.358. The topological polar surface area (TPSA) is 39.1 Å². The molecule has 0 aliphatic rings. The summed E-state index contributed by atoms with van der Waals surface area (Å²) in [6.45, 7) is 7.84. The van der Waals surface area contributed by atoms with E-state index in [2.05, 4.69) is 30.0 Å². The van der Waals surface area contributed by atoms with Crippen LogP contribution in [-0.4, -0.2) is 16.4 Å². The van der Waals surface area contributed by atoms with Gasteiger partial charge in [-0.2, -0.15) is 5.10 Å². The smallest absolute Gasteiger partial charge is 0.124 e. The van der Waals surface area contributed by atoms with Crippen molar-refractivity contribution in [2.24, 2.45) is 7.05 Å². The second-order valence-electron chi connectivity index (χ2n) is 4.69. The third-order valence-electron chi connectivity index (χ3n) is 3.30. The highest BCUT2D eigenvalue weighted by atomic mass is 16.5. The van der Waals surface area contributed by atoms with Crippen molar-refractivity contribution in [1.29, 1.82) is 0 Å². The molecule has 0 aliphatic heterocycles. The van der Waals surface area contributed by atoms with E-state index in [1.54, 1.807) is 6.08 Å². The molecular weight excluding hydrogens is 250 g/mol. The summed E-state index contributed by atoms with van der Waals surface area (Å²) in [6, 6.07) is 8.05. The average Bonchev–Trinajstić information content (AvgIpc) is 2.78. The number of aryl methyl sites for hydroxylation is 1. The quantitative estimate of drug-likeness (QED) is 0.787. The van der Waals surface area contributed by atoms with Crippen LogP contribution in [0.4, 0.5) is 0 Å². The highest BCUT2D eigenvalue weighted by molar-refractivity contribution is 5.33. The summed E-state index contributed by atoms with van der Waals surface area (Å²) in [5.41, 5.74) is 3.56. The third-order valence-corrected chi connectivity index (χ3v) is 3.30. The number of nitrogens with one attached hydrogen (secondary N) is 1. The Balaban J connectivity index is 1.93. The van der Waals surface area contributed by atoms with E-state index in [1.165, 1.54) is 11.3 Å². The third kappa shape index (κ3) is 3.48. The van der Waals surface area contributed by atoms with Gasteiger partial charge in [0.15, 0.2) is 0 Å². The number of hydrogen-bond donors (Lipinski definition) is 1. The minimum absolute atomic E-state index is 0.527. The molecule has 1 heterocycles. The molecule has 0 radical (unpaired) electrons. The van der Waals surface area contributed by atoms with E-state index >= 15 is 0 Å². The number of rotatable bonds is 7. The number of hydrogen-bond acceptors (Lipinski definition) is 3. The van der Waals surface area contributed by atoms with Crippen LogP contribution >= 0.6 is 0 Å². The van der Waals surface area contributed by atoms with E-state index < -0.39 is 0 Å². The number of aromatic nitrogens is 2. The molecule has 0 amide bonds. The normalized spacial score (nSPS) is 10.5. The summed E-state index contributed by atoms with van der Waals surface area (Å²) in [6.07, 6.45) is 3.66. The Hall–Kier alpha value is -2.07. The zero-order chi connectivity index (χ0) is 14.4. The van der Waals surface area contributed by atoms with Gasteiger partial charge in [0, 0.05) is 37.0 Å². The molecule has 0 spiro atoms. The lowest BCUT2D eigenvalue weighted by Crippen LogP contribution is -2.14. The van der Waals surface area contributed by atoms with Crippen LogP contribution in [0.2, 0.25) is 0 Å². The van der Waals surface area contributed by atoms with E-state index in [4.69, 9.17) is 4.74 Å². The van der Waals surface area contributed by atoms with Crippen molar-refractivity contribution in [3.63, 3.8) is 0 Å². The van der Waals surface area contributed by atoms with Crippen molar-refractivity contribution in [3.8, 4) is 5.75 Å². The Morgan fingerprint density at radius 2 is 2.05 bits per heavy atom. The maximum Gasteiger partial charge on any atom is 0.124 e. The summed E-state index contributed by atoms with van der Waals surface area (Å²) in [5.74, 6) is 0.905. The molecule has 0 atom stereocenters. The zero-order valence-electron chi connectivity index (χ0n) is 12.1. The van der Waals surface area contributed by atoms with E-state index in [0.717, 1.165) is 24.4 Å². The Kier molecular flexibility index (Phi) is 4.96. The molecule has 2 aromatic rings. The minimum atomic E-state index is 0.527. The lowest BCUT2D eigenvalue weighted by Gasteiger charge is -2.11. The van der Waals surface area contributed by atoms with E-state index in [1.807, 2.05) is 36.1 Å². The van der Waals surface area contributed by atoms with Crippen LogP contribution in [0.1, 0.15) is 16.8 Å². The number of para-hydroxylation sites is 1. The van der Waals surface area contributed by atoms with Gasteiger partial charge >= 0.3 is 0 Å². The van der Waals surface area contributed by atoms with Gasteiger partial charge in [-0.3, -0.25) is 4.68 Å². The van der Waals surface area contributed by atoms with Crippen molar-refractivity contribution in [2.45, 2.75) is 20.0 Å². The highest BCUT2D eigenvalue weighted by Crippen LogP contribution is 2.18. The van der Waals surface area contributed by atoms with Crippen molar-refractivity contribution in [2.75, 3.05) is 6.61 Å². The van der Waals surface area contributed by atoms with Gasteiger partial charge in [-0.1, -0.05) is 30.9 Å². The lowest BCUT2D eigenvalue weighted by atomic mass is 10.2. The van der Waals surface area contributed by atoms with E-state index in [9.17, 15) is 0 Å². The van der Waals surface area contributed by atoms with E-state index in [-0.39, 0.29) is 0 Å². The van der Waals surface area contributed by atoms with Gasteiger partial charge in [0.1, 0.15) is 12.4 Å². The number of ether oxygens (including phenoxy) is 1. The molecule has 0 saturated heterocycles. The first-order valence-electron chi connectivity index (χ1n) is 6.72. The van der Waals surface area contributed by atoms with Crippen LogP contribution in [0, 0.1) is 6.92 Å². The van der Waals surface area contributed by atoms with Crippen molar-refractivity contribution < 1.29 is 4.74 Å². The van der Waals surface area contributed by atoms with Gasteiger partial charge in [0.25, 0.3) is 0 Å². The van der Waals surface area contributed by atoms with Gasteiger partial charge < -0.3 is 10.1 Å². The van der Waals surface area contributed by atoms with Gasteiger partial charge in [-0.05, 0) is 13.0 Å². The Morgan fingerprint density at radius 1 is 1.30 bits per heavy atom. The van der Waals surface area contributed by atoms with Crippen molar-refractivity contribution in [3.05, 3.63) is 59.9 Å². The first-order valence-corrected chi connectivity index (χ1v) is 6.72. The highest BCUT2D eigenvalue weighted by Gasteiger charge is 2.05. The molecular formula is C16H21N3O. The molecule has 4 nitrogen and oxygen atoms in total. The standard InChI is InChI=1S/C16H21N3O/c1-4-9-20-16-8-6-5-7-14(16)10-17-11-15-12-18-19(3)13(15)2/h4-8,12,17H,1,9-11H2,2-3H3. The maximum absolute atomic E-state index is 5.64. The molecule has 1 aromatic heterocycles. The molecule has 4 heteroatoms. The minimum Gasteiger partial charge on any atom is -0.489 e. The molecule has 20 heavy (non-hydrogen) atoms. The molecule has 1 aromatic carbocycles. The van der Waals surface area contributed by atoms with Gasteiger partial charge in [-0.15, -0.1) is 0 Å². The summed E-state index contributed by atoms with van der Waals surface area (Å²) < 4.78 is 7.53. The number of benzene rings is 1. The van der Waals surface area contributed by atoms with Crippen LogP contribution < -0.4 is 10.1 Å². The second kappa shape index (κ2) is 6.91. The fourth-order valence-corrected chi connectivity index (χ4v) is 1.99. The zero-order valence-corrected chi connectivity index (χ0v) is 12.1. The fourth-order valence-electron chi connectivity index (χ4n) is 1.99. The van der Waals surface area contributed by atoms with Crippen molar-refractivity contribution in [1.82, 2.24) is 15.1 Å². The summed E-state index contributed by atoms with van der Waals surface area (Å²) in [4.78, 5) is 0. The summed E-state index contributed by atoms with van der Waals surface area (Å²) in [5, 5.41) is 7.67. The van der Waals surface area contributed by atoms with Crippen LogP contribution in [0.25, 0.3) is 0 Å². The Morgan fingerprint density at radius 3 is 2.75 bits per heavy atom. The number of nitrogens with zero attached hydrogens (tertiary/aromatic N) is 2. The SMILES string of the molecule is C=CCOc1ccccc1CNCc1cnn(C)c1C. The first kappa shape index (κ1) is 14.3. The van der Waals surface area contributed by atoms with Crippen LogP contribution in [-0.2, 0) is 20.1 Å². The summed E-state index contributed by atoms with van der Waals surface area (Å²) in [7, 11) is 1.96. The molecule has 0 bridgehead atoms. The maximum atomic E-state index is 5.64. The molecule has 0 saturated carbocycles. The van der Waals surface area contributed by atoms with Crippen LogP contribution in [0.3, 0.4) is 0 Å². The van der Waals surface area contributed by atoms with Crippen molar-refractivity contribution >= 4 is 0 Å². The molecule has 0 aliphatic carbocycles. The van der Waals surface area contributed by atoms with Gasteiger partial charge in [0.2, 0.25) is 0 Å². The summed E-state index contributed by atoms with van der Waals surface area (Å²) >= 11 is 0. The molecule has 0 fully saturated rings. The van der Waals surface area contributed by atoms with Crippen LogP contribution in [0.5, 0.6) is 5.75 Å². The monoisotopic (exact) mass is 271 g/mol. The molecule has 106 valence electrons. The molecule has 2 rings (SSSR count). The van der Waals surface area contributed by atoms with E-state index in [0.29, 0.717) is 6.61 Å². The average molecular weight is 271 g/mol. The largest absolute Gasteiger partial charge is 0.489 e. The Bertz CT molecular complexity index is 575.